The van der Waals surface area contributed by atoms with Gasteiger partial charge in [-0.25, -0.2) is 0 Å². The van der Waals surface area contributed by atoms with Gasteiger partial charge in [-0.2, -0.15) is 0 Å². The van der Waals surface area contributed by atoms with Crippen LogP contribution in [-0.4, -0.2) is 17.4 Å². The molecule has 0 aliphatic carbocycles. The molecule has 1 aromatic carbocycles. The van der Waals surface area contributed by atoms with E-state index in [4.69, 9.17) is 0 Å². The first-order valence-corrected chi connectivity index (χ1v) is 5.68. The van der Waals surface area contributed by atoms with Crippen molar-refractivity contribution >= 4 is 5.91 Å². The van der Waals surface area contributed by atoms with E-state index in [-0.39, 0.29) is 0 Å². The molecule has 2 nitrogen and oxygen atoms in total. The smallest absolute Gasteiger partial charge is 0.222 e. The van der Waals surface area contributed by atoms with Gasteiger partial charge in [0.2, 0.25) is 5.91 Å². The Morgan fingerprint density at radius 1 is 1.20 bits per heavy atom. The van der Waals surface area contributed by atoms with Crippen molar-refractivity contribution in [2.24, 2.45) is 0 Å². The maximum absolute atomic E-state index is 11.3. The minimum atomic E-state index is 0.295. The van der Waals surface area contributed by atoms with Crippen molar-refractivity contribution in [3.05, 3.63) is 35.9 Å². The number of hydrogen-bond donors (Lipinski definition) is 0. The third-order valence-corrected chi connectivity index (χ3v) is 2.39. The van der Waals surface area contributed by atoms with Crippen LogP contribution in [0.15, 0.2) is 30.3 Å². The summed E-state index contributed by atoms with van der Waals surface area (Å²) in [5.74, 6) is 0.295. The average Bonchev–Trinajstić information content (AvgIpc) is 2.69. The quantitative estimate of drug-likeness (QED) is 0.727. The molecule has 1 saturated heterocycles. The summed E-state index contributed by atoms with van der Waals surface area (Å²) in [4.78, 5) is 13.2. The molecule has 0 radical (unpaired) electrons. The van der Waals surface area contributed by atoms with E-state index in [9.17, 15) is 4.79 Å². The van der Waals surface area contributed by atoms with Crippen molar-refractivity contribution in [3.63, 3.8) is 0 Å². The summed E-state index contributed by atoms with van der Waals surface area (Å²) < 4.78 is 0. The van der Waals surface area contributed by atoms with Crippen molar-refractivity contribution in [1.82, 2.24) is 4.90 Å². The molecule has 1 heterocycles. The highest BCUT2D eigenvalue weighted by atomic mass is 16.2. The van der Waals surface area contributed by atoms with Crippen molar-refractivity contribution in [2.75, 3.05) is 6.54 Å². The molecule has 0 atom stereocenters. The SMILES string of the molecule is CC.O=C1CCCN1Cc1ccccc1. The molecule has 0 N–H and O–H groups in total. The third kappa shape index (κ3) is 3.39. The molecule has 0 spiro atoms. The lowest BCUT2D eigenvalue weighted by atomic mass is 10.2. The van der Waals surface area contributed by atoms with Crippen molar-refractivity contribution in [1.29, 1.82) is 0 Å². The van der Waals surface area contributed by atoms with Crippen LogP contribution in [0.25, 0.3) is 0 Å². The van der Waals surface area contributed by atoms with Crippen molar-refractivity contribution in [2.45, 2.75) is 33.2 Å². The molecule has 0 unspecified atom stereocenters. The number of rotatable bonds is 2. The third-order valence-electron chi connectivity index (χ3n) is 2.39. The van der Waals surface area contributed by atoms with E-state index in [2.05, 4.69) is 12.1 Å². The highest BCUT2D eigenvalue weighted by molar-refractivity contribution is 5.78. The molecule has 1 fully saturated rings. The normalized spacial score (nSPS) is 14.8. The standard InChI is InChI=1S/C11H13NO.C2H6/c13-11-7-4-8-12(11)9-10-5-2-1-3-6-10;1-2/h1-3,5-6H,4,7-9H2;1-2H3. The van der Waals surface area contributed by atoms with Gasteiger partial charge in [0.15, 0.2) is 0 Å². The Kier molecular flexibility index (Phi) is 4.88. The van der Waals surface area contributed by atoms with Crippen LogP contribution in [0.2, 0.25) is 0 Å². The highest BCUT2D eigenvalue weighted by Crippen LogP contribution is 2.13. The number of carbonyl (C=O) groups is 1. The minimum Gasteiger partial charge on any atom is -0.338 e. The predicted octanol–water partition coefficient (Wildman–Crippen LogP) is 2.84. The fourth-order valence-corrected chi connectivity index (χ4v) is 1.67. The average molecular weight is 205 g/mol. The molecular formula is C13H19NO. The van der Waals surface area contributed by atoms with Crippen LogP contribution in [0.3, 0.4) is 0 Å². The first kappa shape index (κ1) is 11.8. The van der Waals surface area contributed by atoms with Gasteiger partial charge >= 0.3 is 0 Å². The topological polar surface area (TPSA) is 20.3 Å². The Hall–Kier alpha value is -1.31. The van der Waals surface area contributed by atoms with E-state index in [1.54, 1.807) is 0 Å². The summed E-state index contributed by atoms with van der Waals surface area (Å²) in [6, 6.07) is 10.1. The molecule has 1 aliphatic rings. The van der Waals surface area contributed by atoms with Gasteiger partial charge in [0, 0.05) is 19.5 Å². The Morgan fingerprint density at radius 3 is 2.40 bits per heavy atom. The maximum atomic E-state index is 11.3. The molecule has 2 rings (SSSR count). The van der Waals surface area contributed by atoms with E-state index in [1.807, 2.05) is 36.9 Å². The molecule has 1 amide bonds. The number of likely N-dealkylation sites (tertiary alicyclic amines) is 1. The summed E-state index contributed by atoms with van der Waals surface area (Å²) in [7, 11) is 0. The van der Waals surface area contributed by atoms with Crippen LogP contribution in [0.1, 0.15) is 32.3 Å². The molecular weight excluding hydrogens is 186 g/mol. The molecule has 82 valence electrons. The van der Waals surface area contributed by atoms with Gasteiger partial charge in [0.1, 0.15) is 0 Å². The maximum Gasteiger partial charge on any atom is 0.222 e. The minimum absolute atomic E-state index is 0.295. The van der Waals surface area contributed by atoms with E-state index < -0.39 is 0 Å². The van der Waals surface area contributed by atoms with E-state index in [0.717, 1.165) is 25.9 Å². The fraction of sp³-hybridized carbons (Fsp3) is 0.462. The molecule has 2 heteroatoms. The van der Waals surface area contributed by atoms with Crippen LogP contribution in [0.5, 0.6) is 0 Å². The van der Waals surface area contributed by atoms with Crippen molar-refractivity contribution in [3.8, 4) is 0 Å². The summed E-state index contributed by atoms with van der Waals surface area (Å²) in [5, 5.41) is 0. The molecule has 0 bridgehead atoms. The van der Waals surface area contributed by atoms with Crippen LogP contribution < -0.4 is 0 Å². The Morgan fingerprint density at radius 2 is 1.87 bits per heavy atom. The number of amides is 1. The zero-order chi connectivity index (χ0) is 11.1. The van der Waals surface area contributed by atoms with E-state index >= 15 is 0 Å². The largest absolute Gasteiger partial charge is 0.338 e. The van der Waals surface area contributed by atoms with E-state index in [1.165, 1.54) is 5.56 Å². The van der Waals surface area contributed by atoms with Crippen LogP contribution >= 0.6 is 0 Å². The number of nitrogens with zero attached hydrogens (tertiary/aromatic N) is 1. The Labute approximate surface area is 91.9 Å². The zero-order valence-electron chi connectivity index (χ0n) is 9.57. The molecule has 0 aromatic heterocycles. The summed E-state index contributed by atoms with van der Waals surface area (Å²) in [6.07, 6.45) is 1.75. The van der Waals surface area contributed by atoms with Gasteiger partial charge in [0.05, 0.1) is 0 Å². The van der Waals surface area contributed by atoms with Gasteiger partial charge in [-0.05, 0) is 12.0 Å². The monoisotopic (exact) mass is 205 g/mol. The fourth-order valence-electron chi connectivity index (χ4n) is 1.67. The summed E-state index contributed by atoms with van der Waals surface area (Å²) in [5.41, 5.74) is 1.22. The van der Waals surface area contributed by atoms with Gasteiger partial charge in [0.25, 0.3) is 0 Å². The van der Waals surface area contributed by atoms with Crippen molar-refractivity contribution < 1.29 is 4.79 Å². The second-order valence-corrected chi connectivity index (χ2v) is 3.40. The second-order valence-electron chi connectivity index (χ2n) is 3.40. The van der Waals surface area contributed by atoms with Crippen LogP contribution in [-0.2, 0) is 11.3 Å². The predicted molar refractivity (Wildman–Crippen MR) is 62.4 cm³/mol. The number of carbonyl (C=O) groups excluding carboxylic acids is 1. The van der Waals surface area contributed by atoms with E-state index in [0.29, 0.717) is 5.91 Å². The van der Waals surface area contributed by atoms with Gasteiger partial charge < -0.3 is 4.90 Å². The van der Waals surface area contributed by atoms with Gasteiger partial charge in [-0.1, -0.05) is 44.2 Å². The Bertz CT molecular complexity index is 295. The molecule has 1 aromatic rings. The molecule has 15 heavy (non-hydrogen) atoms. The number of hydrogen-bond acceptors (Lipinski definition) is 1. The van der Waals surface area contributed by atoms with Gasteiger partial charge in [-0.3, -0.25) is 4.79 Å². The summed E-state index contributed by atoms with van der Waals surface area (Å²) in [6.45, 7) is 5.70. The lowest BCUT2D eigenvalue weighted by Crippen LogP contribution is -2.23. The molecule has 0 saturated carbocycles. The lowest BCUT2D eigenvalue weighted by Gasteiger charge is -2.14. The Balaban J connectivity index is 0.000000531. The first-order valence-electron chi connectivity index (χ1n) is 5.68. The first-order chi connectivity index (χ1) is 7.36. The second kappa shape index (κ2) is 6.23. The lowest BCUT2D eigenvalue weighted by molar-refractivity contribution is -0.128. The van der Waals surface area contributed by atoms with Crippen LogP contribution in [0, 0.1) is 0 Å². The molecule has 1 aliphatic heterocycles. The summed E-state index contributed by atoms with van der Waals surface area (Å²) >= 11 is 0. The highest BCUT2D eigenvalue weighted by Gasteiger charge is 2.19. The van der Waals surface area contributed by atoms with Crippen LogP contribution in [0.4, 0.5) is 0 Å². The zero-order valence-corrected chi connectivity index (χ0v) is 9.57. The number of benzene rings is 1. The van der Waals surface area contributed by atoms with Gasteiger partial charge in [-0.15, -0.1) is 0 Å².